The van der Waals surface area contributed by atoms with Crippen molar-refractivity contribution >= 4 is 0 Å². The molecular weight excluding hydrogens is 220 g/mol. The largest absolute Gasteiger partial charge is 0.300 e. The lowest BCUT2D eigenvalue weighted by molar-refractivity contribution is -0.0871. The summed E-state index contributed by atoms with van der Waals surface area (Å²) in [4.78, 5) is 5.78. The predicted molar refractivity (Wildman–Crippen MR) is 74.6 cm³/mol. The van der Waals surface area contributed by atoms with Crippen LogP contribution in [-0.2, 0) is 0 Å². The molecule has 4 saturated heterocycles. The van der Waals surface area contributed by atoms with Gasteiger partial charge in [-0.05, 0) is 57.4 Å². The van der Waals surface area contributed by atoms with Crippen molar-refractivity contribution in [2.24, 2.45) is 11.8 Å². The van der Waals surface area contributed by atoms with Gasteiger partial charge in [0.2, 0.25) is 0 Å². The van der Waals surface area contributed by atoms with Crippen molar-refractivity contribution in [3.05, 3.63) is 0 Å². The van der Waals surface area contributed by atoms with Gasteiger partial charge in [0.1, 0.15) is 0 Å². The third kappa shape index (κ3) is 1.76. The summed E-state index contributed by atoms with van der Waals surface area (Å²) in [5, 5.41) is 0. The van der Waals surface area contributed by atoms with Crippen LogP contribution in [0.1, 0.15) is 51.9 Å². The molecule has 4 fully saturated rings. The molecule has 0 aromatic carbocycles. The molecule has 4 aliphatic heterocycles. The van der Waals surface area contributed by atoms with Gasteiger partial charge in [-0.3, -0.25) is 9.80 Å². The van der Waals surface area contributed by atoms with Gasteiger partial charge in [0.05, 0.1) is 0 Å². The highest BCUT2D eigenvalue weighted by molar-refractivity contribution is 5.02. The third-order valence-electron chi connectivity index (χ3n) is 6.39. The molecule has 2 heteroatoms. The summed E-state index contributed by atoms with van der Waals surface area (Å²) in [7, 11) is 0. The third-order valence-corrected chi connectivity index (χ3v) is 6.39. The summed E-state index contributed by atoms with van der Waals surface area (Å²) in [6.07, 6.45) is 10.4. The van der Waals surface area contributed by atoms with Gasteiger partial charge < -0.3 is 0 Å². The number of hydrogen-bond acceptors (Lipinski definition) is 2. The lowest BCUT2D eigenvalue weighted by Gasteiger charge is -2.58. The van der Waals surface area contributed by atoms with E-state index < -0.39 is 0 Å². The maximum atomic E-state index is 2.91. The smallest absolute Gasteiger partial charge is 0.0139 e. The highest BCUT2D eigenvalue weighted by Gasteiger charge is 2.47. The topological polar surface area (TPSA) is 6.48 Å². The van der Waals surface area contributed by atoms with Gasteiger partial charge in [0.15, 0.2) is 0 Å². The summed E-state index contributed by atoms with van der Waals surface area (Å²) in [5.41, 5.74) is 0. The summed E-state index contributed by atoms with van der Waals surface area (Å²) in [5.74, 6) is 2.00. The maximum absolute atomic E-state index is 2.91. The lowest BCUT2D eigenvalue weighted by Crippen LogP contribution is -2.64. The van der Waals surface area contributed by atoms with E-state index in [2.05, 4.69) is 16.7 Å². The molecule has 0 aromatic heterocycles. The van der Waals surface area contributed by atoms with Gasteiger partial charge >= 0.3 is 0 Å². The Balaban J connectivity index is 1.58. The maximum Gasteiger partial charge on any atom is 0.0139 e. The molecule has 102 valence electrons. The van der Waals surface area contributed by atoms with Crippen molar-refractivity contribution in [2.45, 2.75) is 70.0 Å². The molecule has 0 aliphatic carbocycles. The van der Waals surface area contributed by atoms with Gasteiger partial charge in [0.25, 0.3) is 0 Å². The van der Waals surface area contributed by atoms with Crippen LogP contribution in [0, 0.1) is 11.8 Å². The minimum atomic E-state index is 0.865. The van der Waals surface area contributed by atoms with Crippen LogP contribution in [0.2, 0.25) is 0 Å². The van der Waals surface area contributed by atoms with Crippen LogP contribution in [-0.4, -0.2) is 47.6 Å². The first-order valence-corrected chi connectivity index (χ1v) is 8.33. The zero-order chi connectivity index (χ0) is 12.1. The van der Waals surface area contributed by atoms with E-state index in [9.17, 15) is 0 Å². The Bertz CT molecular complexity index is 316. The Kier molecular flexibility index (Phi) is 2.92. The van der Waals surface area contributed by atoms with Gasteiger partial charge in [-0.25, -0.2) is 0 Å². The van der Waals surface area contributed by atoms with Crippen LogP contribution < -0.4 is 0 Å². The molecule has 0 unspecified atom stereocenters. The van der Waals surface area contributed by atoms with E-state index in [1.165, 1.54) is 58.2 Å². The molecule has 18 heavy (non-hydrogen) atoms. The Morgan fingerprint density at radius 3 is 2.61 bits per heavy atom. The molecule has 4 heterocycles. The predicted octanol–water partition coefficient (Wildman–Crippen LogP) is 2.73. The van der Waals surface area contributed by atoms with Crippen LogP contribution in [0.3, 0.4) is 0 Å². The first kappa shape index (κ1) is 11.7. The molecule has 4 aliphatic rings. The Morgan fingerprint density at radius 1 is 0.833 bits per heavy atom. The number of fused-ring (bicyclic) bond motifs is 6. The van der Waals surface area contributed by atoms with Crippen molar-refractivity contribution in [2.75, 3.05) is 19.6 Å². The monoisotopic (exact) mass is 248 g/mol. The molecule has 2 nitrogen and oxygen atoms in total. The first-order chi connectivity index (χ1) is 8.83. The fraction of sp³-hybridized carbons (Fsp3) is 1.00. The zero-order valence-corrected chi connectivity index (χ0v) is 11.9. The van der Waals surface area contributed by atoms with Crippen LogP contribution >= 0.6 is 0 Å². The second-order valence-corrected chi connectivity index (χ2v) is 7.36. The quantitative estimate of drug-likeness (QED) is 0.650. The molecule has 0 N–H and O–H groups in total. The number of piperidine rings is 4. The number of hydrogen-bond donors (Lipinski definition) is 0. The van der Waals surface area contributed by atoms with Crippen molar-refractivity contribution < 1.29 is 0 Å². The molecule has 0 spiro atoms. The fourth-order valence-electron chi connectivity index (χ4n) is 5.55. The molecule has 0 saturated carbocycles. The summed E-state index contributed by atoms with van der Waals surface area (Å²) >= 11 is 0. The normalized spacial score (nSPS) is 49.5. The van der Waals surface area contributed by atoms with Gasteiger partial charge in [0, 0.05) is 31.2 Å². The molecule has 0 amide bonds. The lowest BCUT2D eigenvalue weighted by atomic mass is 9.70. The Labute approximate surface area is 112 Å². The Hall–Kier alpha value is -0.0800. The second kappa shape index (κ2) is 4.49. The SMILES string of the molecule is C[C@@H]1CCC[C@H]2[C@H]3C[C@@H](CN12)[C@H]1CCCCN1C3. The number of nitrogens with zero attached hydrogens (tertiary/aromatic N) is 2. The van der Waals surface area contributed by atoms with E-state index in [0.29, 0.717) is 0 Å². The first-order valence-electron chi connectivity index (χ1n) is 8.33. The minimum Gasteiger partial charge on any atom is -0.300 e. The van der Waals surface area contributed by atoms with Crippen molar-refractivity contribution in [3.8, 4) is 0 Å². The van der Waals surface area contributed by atoms with E-state index in [4.69, 9.17) is 0 Å². The van der Waals surface area contributed by atoms with Gasteiger partial charge in [-0.1, -0.05) is 12.8 Å². The zero-order valence-electron chi connectivity index (χ0n) is 11.9. The summed E-state index contributed by atoms with van der Waals surface area (Å²) in [6, 6.07) is 2.75. The molecule has 0 aromatic rings. The number of rotatable bonds is 0. The molecule has 5 atom stereocenters. The van der Waals surface area contributed by atoms with Crippen LogP contribution in [0.15, 0.2) is 0 Å². The highest BCUT2D eigenvalue weighted by atomic mass is 15.3. The van der Waals surface area contributed by atoms with E-state index in [-0.39, 0.29) is 0 Å². The van der Waals surface area contributed by atoms with Crippen LogP contribution in [0.5, 0.6) is 0 Å². The van der Waals surface area contributed by atoms with Crippen LogP contribution in [0.4, 0.5) is 0 Å². The van der Waals surface area contributed by atoms with Gasteiger partial charge in [-0.15, -0.1) is 0 Å². The minimum absolute atomic E-state index is 0.865. The molecule has 4 rings (SSSR count). The molecular formula is C16H28N2. The fourth-order valence-corrected chi connectivity index (χ4v) is 5.55. The van der Waals surface area contributed by atoms with E-state index in [1.807, 2.05) is 0 Å². The van der Waals surface area contributed by atoms with Crippen molar-refractivity contribution in [1.82, 2.24) is 9.80 Å². The molecule has 2 bridgehead atoms. The summed E-state index contributed by atoms with van der Waals surface area (Å²) in [6.45, 7) is 6.73. The second-order valence-electron chi connectivity index (χ2n) is 7.36. The molecule has 0 radical (unpaired) electrons. The standard InChI is InChI=1S/C16H28N2/c1-12-5-4-7-16-13-9-14(11-18(12)16)15-6-2-3-8-17(15)10-13/h12-16H,2-11H2,1H3/t12-,13+,14+,15-,16+/m1/s1. The van der Waals surface area contributed by atoms with E-state index in [1.54, 1.807) is 6.42 Å². The van der Waals surface area contributed by atoms with Crippen molar-refractivity contribution in [3.63, 3.8) is 0 Å². The highest BCUT2D eigenvalue weighted by Crippen LogP contribution is 2.43. The average molecular weight is 248 g/mol. The van der Waals surface area contributed by atoms with E-state index in [0.717, 1.165) is 30.0 Å². The van der Waals surface area contributed by atoms with Crippen molar-refractivity contribution in [1.29, 1.82) is 0 Å². The van der Waals surface area contributed by atoms with E-state index >= 15 is 0 Å². The summed E-state index contributed by atoms with van der Waals surface area (Å²) < 4.78 is 0. The van der Waals surface area contributed by atoms with Gasteiger partial charge in [-0.2, -0.15) is 0 Å². The average Bonchev–Trinajstić information content (AvgIpc) is 2.40. The Morgan fingerprint density at radius 2 is 1.67 bits per heavy atom. The van der Waals surface area contributed by atoms with Crippen LogP contribution in [0.25, 0.3) is 0 Å².